The first-order valence-corrected chi connectivity index (χ1v) is 8.07. The van der Waals surface area contributed by atoms with Crippen molar-refractivity contribution in [2.75, 3.05) is 6.54 Å². The number of ether oxygens (including phenoxy) is 1. The number of benzene rings is 1. The van der Waals surface area contributed by atoms with Gasteiger partial charge in [0.05, 0.1) is 0 Å². The number of para-hydroxylation sites is 1. The van der Waals surface area contributed by atoms with Crippen LogP contribution in [0.3, 0.4) is 0 Å². The molecule has 1 fully saturated rings. The summed E-state index contributed by atoms with van der Waals surface area (Å²) in [5, 5.41) is 3.58. The van der Waals surface area contributed by atoms with Gasteiger partial charge in [-0.3, -0.25) is 0 Å². The van der Waals surface area contributed by atoms with Crippen LogP contribution in [0.25, 0.3) is 0 Å². The van der Waals surface area contributed by atoms with Gasteiger partial charge in [-0.25, -0.2) is 0 Å². The Kier molecular flexibility index (Phi) is 5.10. The molecule has 21 heavy (non-hydrogen) atoms. The minimum atomic E-state index is 0.0372. The molecule has 1 N–H and O–H groups in total. The van der Waals surface area contributed by atoms with Crippen LogP contribution in [0.15, 0.2) is 36.9 Å². The van der Waals surface area contributed by atoms with Gasteiger partial charge in [0.15, 0.2) is 0 Å². The molecule has 0 saturated heterocycles. The number of hydrogen-bond donors (Lipinski definition) is 1. The third kappa shape index (κ3) is 4.60. The lowest BCUT2D eigenvalue weighted by atomic mass is 9.77. The van der Waals surface area contributed by atoms with Crippen LogP contribution in [0.5, 0.6) is 5.75 Å². The average Bonchev–Trinajstić information content (AvgIpc) is 2.36. The van der Waals surface area contributed by atoms with E-state index in [1.54, 1.807) is 0 Å². The quantitative estimate of drug-likeness (QED) is 0.746. The zero-order valence-electron chi connectivity index (χ0n) is 13.7. The molecule has 1 aliphatic rings. The maximum atomic E-state index is 6.45. The average molecular weight is 287 g/mol. The molecule has 2 nitrogen and oxygen atoms in total. The van der Waals surface area contributed by atoms with Crippen molar-refractivity contribution in [3.63, 3.8) is 0 Å². The molecule has 0 atom stereocenters. The van der Waals surface area contributed by atoms with Crippen LogP contribution in [-0.4, -0.2) is 17.7 Å². The molecule has 1 aromatic rings. The fourth-order valence-electron chi connectivity index (χ4n) is 2.80. The largest absolute Gasteiger partial charge is 0.487 e. The molecule has 0 radical (unpaired) electrons. The molecule has 0 heterocycles. The summed E-state index contributed by atoms with van der Waals surface area (Å²) >= 11 is 0. The lowest BCUT2D eigenvalue weighted by Crippen LogP contribution is -2.47. The molecule has 2 rings (SSSR count). The predicted octanol–water partition coefficient (Wildman–Crippen LogP) is 4.49. The minimum Gasteiger partial charge on any atom is -0.487 e. The monoisotopic (exact) mass is 287 g/mol. The normalized spacial score (nSPS) is 17.1. The maximum absolute atomic E-state index is 6.45. The Labute approximate surface area is 129 Å². The van der Waals surface area contributed by atoms with Gasteiger partial charge in [0, 0.05) is 5.54 Å². The molecule has 0 spiro atoms. The molecular weight excluding hydrogens is 258 g/mol. The van der Waals surface area contributed by atoms with Crippen molar-refractivity contribution in [2.45, 2.75) is 64.0 Å². The Hall–Kier alpha value is -1.28. The van der Waals surface area contributed by atoms with Crippen LogP contribution in [0.2, 0.25) is 0 Å². The van der Waals surface area contributed by atoms with Gasteiger partial charge in [0.1, 0.15) is 11.4 Å². The van der Waals surface area contributed by atoms with Gasteiger partial charge >= 0.3 is 0 Å². The van der Waals surface area contributed by atoms with Gasteiger partial charge in [-0.05, 0) is 71.0 Å². The smallest absolute Gasteiger partial charge is 0.123 e. The lowest BCUT2D eigenvalue weighted by Gasteiger charge is -2.43. The molecule has 0 aromatic heterocycles. The summed E-state index contributed by atoms with van der Waals surface area (Å²) < 4.78 is 6.45. The topological polar surface area (TPSA) is 21.3 Å². The second-order valence-electron chi connectivity index (χ2n) is 7.17. The maximum Gasteiger partial charge on any atom is 0.123 e. The summed E-state index contributed by atoms with van der Waals surface area (Å²) in [6.45, 7) is 11.5. The van der Waals surface area contributed by atoms with Crippen LogP contribution in [0, 0.1) is 0 Å². The molecular formula is C19H29NO. The summed E-state index contributed by atoms with van der Waals surface area (Å²) in [5.74, 6) is 1.04. The SMILES string of the molecule is C=CCc1ccccc1OC1(CCNC(C)(C)C)CCC1. The number of allylic oxidation sites excluding steroid dienone is 1. The number of rotatable bonds is 7. The Balaban J connectivity index is 2.00. The zero-order chi connectivity index (χ0) is 15.3. The number of nitrogens with one attached hydrogen (secondary N) is 1. The molecule has 0 amide bonds. The van der Waals surface area contributed by atoms with E-state index in [-0.39, 0.29) is 11.1 Å². The van der Waals surface area contributed by atoms with E-state index >= 15 is 0 Å². The van der Waals surface area contributed by atoms with Crippen molar-refractivity contribution < 1.29 is 4.74 Å². The Morgan fingerprint density at radius 1 is 1.29 bits per heavy atom. The first kappa shape index (κ1) is 16.1. The second-order valence-corrected chi connectivity index (χ2v) is 7.17. The minimum absolute atomic E-state index is 0.0372. The third-order valence-corrected chi connectivity index (χ3v) is 4.16. The Bertz CT molecular complexity index is 469. The van der Waals surface area contributed by atoms with E-state index in [4.69, 9.17) is 4.74 Å². The third-order valence-electron chi connectivity index (χ3n) is 4.16. The molecule has 0 unspecified atom stereocenters. The van der Waals surface area contributed by atoms with E-state index < -0.39 is 0 Å². The zero-order valence-corrected chi connectivity index (χ0v) is 13.7. The van der Waals surface area contributed by atoms with Crippen molar-refractivity contribution in [3.05, 3.63) is 42.5 Å². The van der Waals surface area contributed by atoms with E-state index in [9.17, 15) is 0 Å². The summed E-state index contributed by atoms with van der Waals surface area (Å²) in [4.78, 5) is 0. The molecule has 0 bridgehead atoms. The van der Waals surface area contributed by atoms with Crippen molar-refractivity contribution in [3.8, 4) is 5.75 Å². The van der Waals surface area contributed by atoms with Crippen molar-refractivity contribution >= 4 is 0 Å². The van der Waals surface area contributed by atoms with Gasteiger partial charge < -0.3 is 10.1 Å². The van der Waals surface area contributed by atoms with Gasteiger partial charge in [-0.2, -0.15) is 0 Å². The van der Waals surface area contributed by atoms with Crippen LogP contribution < -0.4 is 10.1 Å². The van der Waals surface area contributed by atoms with Gasteiger partial charge in [0.2, 0.25) is 0 Å². The summed E-state index contributed by atoms with van der Waals surface area (Å²) in [6.07, 6.45) is 7.50. The summed E-state index contributed by atoms with van der Waals surface area (Å²) in [7, 11) is 0. The Morgan fingerprint density at radius 3 is 2.57 bits per heavy atom. The highest BCUT2D eigenvalue weighted by atomic mass is 16.5. The van der Waals surface area contributed by atoms with Crippen LogP contribution in [0.4, 0.5) is 0 Å². The number of hydrogen-bond acceptors (Lipinski definition) is 2. The van der Waals surface area contributed by atoms with Gasteiger partial charge in [-0.1, -0.05) is 24.3 Å². The van der Waals surface area contributed by atoms with Crippen LogP contribution in [-0.2, 0) is 6.42 Å². The van der Waals surface area contributed by atoms with Crippen LogP contribution in [0.1, 0.15) is 52.0 Å². The molecule has 1 aromatic carbocycles. The van der Waals surface area contributed by atoms with Crippen LogP contribution >= 0.6 is 0 Å². The molecule has 2 heteroatoms. The Morgan fingerprint density at radius 2 is 2.00 bits per heavy atom. The van der Waals surface area contributed by atoms with E-state index in [1.165, 1.54) is 24.8 Å². The van der Waals surface area contributed by atoms with E-state index in [0.29, 0.717) is 0 Å². The summed E-state index contributed by atoms with van der Waals surface area (Å²) in [5.41, 5.74) is 1.45. The second kappa shape index (κ2) is 6.65. The van der Waals surface area contributed by atoms with E-state index in [0.717, 1.165) is 25.1 Å². The van der Waals surface area contributed by atoms with Crippen molar-refractivity contribution in [2.24, 2.45) is 0 Å². The fourth-order valence-corrected chi connectivity index (χ4v) is 2.80. The standard InChI is InChI=1S/C19H29NO/c1-5-9-16-10-6-7-11-17(16)21-19(12-8-13-19)14-15-20-18(2,3)4/h5-7,10-11,20H,1,8-9,12-15H2,2-4H3. The summed E-state index contributed by atoms with van der Waals surface area (Å²) in [6, 6.07) is 8.36. The van der Waals surface area contributed by atoms with Gasteiger partial charge in [0.25, 0.3) is 0 Å². The molecule has 1 saturated carbocycles. The molecule has 116 valence electrons. The first-order valence-electron chi connectivity index (χ1n) is 8.07. The van der Waals surface area contributed by atoms with E-state index in [2.05, 4.69) is 56.9 Å². The fraction of sp³-hybridized carbons (Fsp3) is 0.579. The predicted molar refractivity (Wildman–Crippen MR) is 89.9 cm³/mol. The first-order chi connectivity index (χ1) is 9.94. The highest BCUT2D eigenvalue weighted by molar-refractivity contribution is 5.35. The molecule has 0 aliphatic heterocycles. The molecule has 1 aliphatic carbocycles. The highest BCUT2D eigenvalue weighted by Gasteiger charge is 2.39. The van der Waals surface area contributed by atoms with Crippen molar-refractivity contribution in [1.82, 2.24) is 5.32 Å². The van der Waals surface area contributed by atoms with E-state index in [1.807, 2.05) is 6.08 Å². The van der Waals surface area contributed by atoms with Gasteiger partial charge in [-0.15, -0.1) is 6.58 Å². The highest BCUT2D eigenvalue weighted by Crippen LogP contribution is 2.40. The van der Waals surface area contributed by atoms with Crippen molar-refractivity contribution in [1.29, 1.82) is 0 Å². The lowest BCUT2D eigenvalue weighted by molar-refractivity contribution is -0.0158.